The molecule has 2 amide bonds. The molecule has 0 aliphatic rings. The average molecular weight is 483 g/mol. The van der Waals surface area contributed by atoms with Gasteiger partial charge < -0.3 is 26.4 Å². The molecule has 0 spiro atoms. The van der Waals surface area contributed by atoms with Gasteiger partial charge in [0.25, 0.3) is 0 Å². The summed E-state index contributed by atoms with van der Waals surface area (Å²) in [5, 5.41) is 8.33. The van der Waals surface area contributed by atoms with Crippen LogP contribution in [-0.2, 0) is 25.5 Å². The quantitative estimate of drug-likeness (QED) is 0.268. The highest BCUT2D eigenvalue weighted by atomic mass is 16.5. The fourth-order valence-corrected chi connectivity index (χ4v) is 2.64. The monoisotopic (exact) mass is 482 g/mol. The Morgan fingerprint density at radius 3 is 1.88 bits per heavy atom. The second-order valence-electron chi connectivity index (χ2n) is 6.63. The summed E-state index contributed by atoms with van der Waals surface area (Å²) in [6.07, 6.45) is 2.16. The molecule has 0 radical (unpaired) electrons. The van der Waals surface area contributed by atoms with Gasteiger partial charge in [0.05, 0.1) is 13.2 Å². The van der Waals surface area contributed by atoms with Crippen molar-refractivity contribution in [3.8, 4) is 0 Å². The summed E-state index contributed by atoms with van der Waals surface area (Å²) in [5.41, 5.74) is 6.40. The van der Waals surface area contributed by atoms with Gasteiger partial charge in [0.15, 0.2) is 0 Å². The molecule has 1 aromatic carbocycles. The number of ether oxygens (including phenoxy) is 1. The SMILES string of the molecule is CC.CC.CC.CN[C@@H](C)C(=O)N[C@@H](Cc1ccccc1)C(=O)N[C@@H](CCCCN)C(=O)OC. The number of nitrogens with one attached hydrogen (secondary N) is 3. The van der Waals surface area contributed by atoms with Gasteiger partial charge in [-0.1, -0.05) is 71.9 Å². The lowest BCUT2D eigenvalue weighted by Crippen LogP contribution is -2.55. The van der Waals surface area contributed by atoms with Crippen molar-refractivity contribution < 1.29 is 19.1 Å². The standard InChI is InChI=1S/C20H32N4O4.3C2H6/c1-14(22-2)18(25)24-17(13-15-9-5-4-6-10-15)19(26)23-16(20(27)28-3)11-7-8-12-21;3*1-2/h4-6,9-10,14,16-17,22H,7-8,11-13,21H2,1-3H3,(H,23,26)(H,24,25);3*1-2H3/t14-,16-,17-;;;/m0.../s1. The number of carbonyl (C=O) groups excluding carboxylic acids is 3. The number of nitrogens with two attached hydrogens (primary N) is 1. The summed E-state index contributed by atoms with van der Waals surface area (Å²) in [4.78, 5) is 37.2. The van der Waals surface area contributed by atoms with Crippen LogP contribution in [0.5, 0.6) is 0 Å². The van der Waals surface area contributed by atoms with Gasteiger partial charge in [0, 0.05) is 6.42 Å². The van der Waals surface area contributed by atoms with Crippen molar-refractivity contribution in [1.29, 1.82) is 0 Å². The summed E-state index contributed by atoms with van der Waals surface area (Å²) >= 11 is 0. The van der Waals surface area contributed by atoms with Gasteiger partial charge >= 0.3 is 5.97 Å². The lowest BCUT2D eigenvalue weighted by Gasteiger charge is -2.23. The minimum absolute atomic E-state index is 0.295. The van der Waals surface area contributed by atoms with Crippen molar-refractivity contribution in [2.24, 2.45) is 5.73 Å². The minimum atomic E-state index is -0.813. The Bertz CT molecular complexity index is 626. The van der Waals surface area contributed by atoms with Gasteiger partial charge in [-0.05, 0) is 45.3 Å². The first kappa shape index (κ1) is 36.1. The summed E-state index contributed by atoms with van der Waals surface area (Å²) in [7, 11) is 2.95. The Kier molecular flexibility index (Phi) is 26.8. The number of methoxy groups -OCH3 is 1. The van der Waals surface area contributed by atoms with Crippen LogP contribution in [0, 0.1) is 0 Å². The number of amides is 2. The summed E-state index contributed by atoms with van der Waals surface area (Å²) in [6.45, 7) is 14.2. The highest BCUT2D eigenvalue weighted by Crippen LogP contribution is 2.07. The van der Waals surface area contributed by atoms with Gasteiger partial charge in [-0.2, -0.15) is 0 Å². The van der Waals surface area contributed by atoms with E-state index < -0.39 is 30.0 Å². The number of benzene rings is 1. The first-order chi connectivity index (χ1) is 16.4. The highest BCUT2D eigenvalue weighted by Gasteiger charge is 2.28. The Hall–Kier alpha value is -2.45. The smallest absolute Gasteiger partial charge is 0.328 e. The van der Waals surface area contributed by atoms with E-state index in [0.717, 1.165) is 12.0 Å². The maximum Gasteiger partial charge on any atom is 0.328 e. The van der Waals surface area contributed by atoms with Gasteiger partial charge in [-0.25, -0.2) is 4.79 Å². The second kappa shape index (κ2) is 25.2. The summed E-state index contributed by atoms with van der Waals surface area (Å²) in [5.74, 6) is -1.24. The zero-order valence-electron chi connectivity index (χ0n) is 22.9. The zero-order chi connectivity index (χ0) is 26.9. The molecule has 5 N–H and O–H groups in total. The van der Waals surface area contributed by atoms with Crippen molar-refractivity contribution in [3.63, 3.8) is 0 Å². The predicted molar refractivity (Wildman–Crippen MR) is 141 cm³/mol. The van der Waals surface area contributed by atoms with Crippen LogP contribution in [0.15, 0.2) is 30.3 Å². The van der Waals surface area contributed by atoms with Crippen LogP contribution in [0.25, 0.3) is 0 Å². The molecular formula is C26H50N4O4. The minimum Gasteiger partial charge on any atom is -0.467 e. The van der Waals surface area contributed by atoms with Crippen molar-refractivity contribution in [2.45, 2.75) is 92.3 Å². The van der Waals surface area contributed by atoms with Crippen LogP contribution in [0.3, 0.4) is 0 Å². The van der Waals surface area contributed by atoms with E-state index >= 15 is 0 Å². The molecule has 0 fully saturated rings. The maximum atomic E-state index is 12.9. The Balaban J connectivity index is -0.00000148. The van der Waals surface area contributed by atoms with Crippen molar-refractivity contribution in [2.75, 3.05) is 20.7 Å². The van der Waals surface area contributed by atoms with E-state index in [1.165, 1.54) is 7.11 Å². The van der Waals surface area contributed by atoms with Crippen LogP contribution in [0.2, 0.25) is 0 Å². The fraction of sp³-hybridized carbons (Fsp3) is 0.654. The largest absolute Gasteiger partial charge is 0.467 e. The number of hydrogen-bond acceptors (Lipinski definition) is 6. The molecule has 0 aliphatic carbocycles. The van der Waals surface area contributed by atoms with Crippen molar-refractivity contribution in [3.05, 3.63) is 35.9 Å². The summed E-state index contributed by atoms with van der Waals surface area (Å²) < 4.78 is 4.80. The molecule has 0 aliphatic heterocycles. The topological polar surface area (TPSA) is 123 Å². The van der Waals surface area contributed by atoms with Crippen LogP contribution < -0.4 is 21.7 Å². The molecule has 1 rings (SSSR count). The average Bonchev–Trinajstić information content (AvgIpc) is 2.90. The number of esters is 1. The molecule has 34 heavy (non-hydrogen) atoms. The molecule has 3 atom stereocenters. The normalized spacial score (nSPS) is 11.9. The van der Waals surface area contributed by atoms with Crippen molar-refractivity contribution in [1.82, 2.24) is 16.0 Å². The molecule has 0 heterocycles. The van der Waals surface area contributed by atoms with E-state index in [2.05, 4.69) is 16.0 Å². The first-order valence-electron chi connectivity index (χ1n) is 12.5. The van der Waals surface area contributed by atoms with E-state index in [-0.39, 0.29) is 5.91 Å². The predicted octanol–water partition coefficient (Wildman–Crippen LogP) is 3.19. The molecule has 0 saturated carbocycles. The Morgan fingerprint density at radius 1 is 0.882 bits per heavy atom. The highest BCUT2D eigenvalue weighted by molar-refractivity contribution is 5.92. The third-order valence-corrected chi connectivity index (χ3v) is 4.49. The number of carbonyl (C=O) groups is 3. The summed E-state index contributed by atoms with van der Waals surface area (Å²) in [6, 6.07) is 7.34. The van der Waals surface area contributed by atoms with Crippen LogP contribution in [-0.4, -0.2) is 56.6 Å². The van der Waals surface area contributed by atoms with Gasteiger partial charge in [0.1, 0.15) is 12.1 Å². The maximum absolute atomic E-state index is 12.9. The molecular weight excluding hydrogens is 432 g/mol. The number of likely N-dealkylation sites (N-methyl/N-ethyl adjacent to an activating group) is 1. The van der Waals surface area contributed by atoms with E-state index in [1.807, 2.05) is 71.9 Å². The molecule has 198 valence electrons. The Morgan fingerprint density at radius 2 is 1.41 bits per heavy atom. The molecule has 8 heteroatoms. The third-order valence-electron chi connectivity index (χ3n) is 4.49. The molecule has 0 saturated heterocycles. The first-order valence-corrected chi connectivity index (χ1v) is 12.5. The van der Waals surface area contributed by atoms with Gasteiger partial charge in [-0.3, -0.25) is 9.59 Å². The molecule has 0 bridgehead atoms. The van der Waals surface area contributed by atoms with Gasteiger partial charge in [0.2, 0.25) is 11.8 Å². The molecule has 0 aromatic heterocycles. The van der Waals surface area contributed by atoms with E-state index in [4.69, 9.17) is 10.5 Å². The number of rotatable bonds is 12. The third kappa shape index (κ3) is 16.2. The van der Waals surface area contributed by atoms with E-state index in [1.54, 1.807) is 14.0 Å². The zero-order valence-corrected chi connectivity index (χ0v) is 22.9. The van der Waals surface area contributed by atoms with Crippen LogP contribution in [0.4, 0.5) is 0 Å². The molecule has 8 nitrogen and oxygen atoms in total. The lowest BCUT2D eigenvalue weighted by atomic mass is 10.0. The second-order valence-corrected chi connectivity index (χ2v) is 6.63. The van der Waals surface area contributed by atoms with Crippen LogP contribution in [0.1, 0.15) is 73.3 Å². The fourth-order valence-electron chi connectivity index (χ4n) is 2.64. The number of hydrogen-bond donors (Lipinski definition) is 4. The Labute approximate surface area is 207 Å². The van der Waals surface area contributed by atoms with E-state index in [9.17, 15) is 14.4 Å². The lowest BCUT2D eigenvalue weighted by molar-refractivity contribution is -0.145. The van der Waals surface area contributed by atoms with Gasteiger partial charge in [-0.15, -0.1) is 0 Å². The van der Waals surface area contributed by atoms with E-state index in [0.29, 0.717) is 25.8 Å². The van der Waals surface area contributed by atoms with Crippen molar-refractivity contribution >= 4 is 17.8 Å². The molecule has 1 aromatic rings. The number of unbranched alkanes of at least 4 members (excludes halogenated alkanes) is 1. The molecule has 0 unspecified atom stereocenters. The van der Waals surface area contributed by atoms with Crippen LogP contribution >= 0.6 is 0 Å².